The van der Waals surface area contributed by atoms with Gasteiger partial charge in [-0.15, -0.1) is 0 Å². The predicted octanol–water partition coefficient (Wildman–Crippen LogP) is 5.18. The Morgan fingerprint density at radius 1 is 1.16 bits per heavy atom. The van der Waals surface area contributed by atoms with Crippen LogP contribution in [0.2, 0.25) is 5.02 Å². The third-order valence-corrected chi connectivity index (χ3v) is 10.6. The fourth-order valence-electron chi connectivity index (χ4n) is 6.60. The highest BCUT2D eigenvalue weighted by Crippen LogP contribution is 2.44. The van der Waals surface area contributed by atoms with Crippen LogP contribution >= 0.6 is 11.6 Å². The summed E-state index contributed by atoms with van der Waals surface area (Å²) in [6.07, 6.45) is 1.70. The molecule has 0 amide bonds. The van der Waals surface area contributed by atoms with Crippen LogP contribution in [-0.4, -0.2) is 71.1 Å². The molecule has 2 aliphatic rings. The van der Waals surface area contributed by atoms with E-state index in [4.69, 9.17) is 16.6 Å². The van der Waals surface area contributed by atoms with Crippen molar-refractivity contribution in [3.05, 3.63) is 81.0 Å². The number of benzene rings is 1. The minimum absolute atomic E-state index is 0.0171. The van der Waals surface area contributed by atoms with E-state index in [0.717, 1.165) is 11.0 Å². The highest BCUT2D eigenvalue weighted by atomic mass is 35.5. The molecule has 2 atom stereocenters. The van der Waals surface area contributed by atoms with Gasteiger partial charge in [-0.05, 0) is 49.6 Å². The molecule has 0 radical (unpaired) electrons. The van der Waals surface area contributed by atoms with E-state index in [2.05, 4.69) is 16.5 Å². The zero-order chi connectivity index (χ0) is 32.5. The summed E-state index contributed by atoms with van der Waals surface area (Å²) >= 11 is 6.85. The van der Waals surface area contributed by atoms with Crippen molar-refractivity contribution < 1.29 is 17.9 Å². The van der Waals surface area contributed by atoms with Crippen molar-refractivity contribution in [2.45, 2.75) is 45.7 Å². The normalized spacial score (nSPS) is 18.8. The molecule has 0 aliphatic carbocycles. The number of hydrogen-bond donors (Lipinski definition) is 1. The van der Waals surface area contributed by atoms with Crippen LogP contribution < -0.4 is 15.4 Å². The molecule has 6 rings (SSSR count). The first-order chi connectivity index (χ1) is 21.3. The molecule has 1 fully saturated rings. The Morgan fingerprint density at radius 3 is 2.56 bits per heavy atom. The number of hydrogen-bond acceptors (Lipinski definition) is 8. The molecule has 1 N–H and O–H groups in total. The average molecular weight is 653 g/mol. The summed E-state index contributed by atoms with van der Waals surface area (Å²) in [4.78, 5) is 28.2. The standard InChI is InChI=1S/C32H34ClFN6O4S/c1-7-45(43,44)39-16-20-15-37(6)30-29(38(20)14-19(39)5)21-13-22(33)27(25-23(34)9-8-10-24(25)41)36-31(21)40(32(30)42)28-18(4)11-12-35-26(28)17(2)3/h7-13,17,19-20,41H,1,14-16H2,2-6H3. The maximum atomic E-state index is 15.2. The Balaban J connectivity index is 1.73. The van der Waals surface area contributed by atoms with E-state index < -0.39 is 21.9 Å². The van der Waals surface area contributed by atoms with Gasteiger partial charge in [-0.1, -0.05) is 38.1 Å². The number of pyridine rings is 3. The summed E-state index contributed by atoms with van der Waals surface area (Å²) in [5.74, 6) is -1.11. The molecule has 0 spiro atoms. The smallest absolute Gasteiger partial charge is 0.282 e. The molecule has 0 bridgehead atoms. The van der Waals surface area contributed by atoms with Gasteiger partial charge in [0.2, 0.25) is 10.0 Å². The van der Waals surface area contributed by atoms with Gasteiger partial charge in [-0.2, -0.15) is 4.31 Å². The monoisotopic (exact) mass is 652 g/mol. The Kier molecular flexibility index (Phi) is 7.65. The van der Waals surface area contributed by atoms with Crippen molar-refractivity contribution >= 4 is 44.0 Å². The fraction of sp³-hybridized carbons (Fsp3) is 0.344. The van der Waals surface area contributed by atoms with Crippen LogP contribution in [0.4, 0.5) is 15.8 Å². The summed E-state index contributed by atoms with van der Waals surface area (Å²) in [5.41, 5.74) is 2.66. The summed E-state index contributed by atoms with van der Waals surface area (Å²) in [7, 11) is -1.89. The number of aromatic hydroxyl groups is 1. The molecule has 4 aromatic rings. The van der Waals surface area contributed by atoms with Crippen LogP contribution in [0.1, 0.15) is 37.9 Å². The first-order valence-corrected chi connectivity index (χ1v) is 16.5. The summed E-state index contributed by atoms with van der Waals surface area (Å²) in [5, 5.41) is 12.2. The van der Waals surface area contributed by atoms with Crippen molar-refractivity contribution in [3.63, 3.8) is 0 Å². The number of aryl methyl sites for hydroxylation is 1. The lowest BCUT2D eigenvalue weighted by atomic mass is 9.99. The zero-order valence-corrected chi connectivity index (χ0v) is 27.2. The second-order valence-electron chi connectivity index (χ2n) is 12.0. The number of anilines is 2. The van der Waals surface area contributed by atoms with Crippen LogP contribution in [0, 0.1) is 12.7 Å². The number of nitrogens with zero attached hydrogens (tertiary/aromatic N) is 6. The number of fused-ring (bicyclic) bond motifs is 5. The number of phenolic OH excluding ortho intramolecular Hbond substituents is 1. The molecule has 2 aliphatic heterocycles. The van der Waals surface area contributed by atoms with Gasteiger partial charge in [-0.3, -0.25) is 14.3 Å². The maximum absolute atomic E-state index is 15.2. The minimum Gasteiger partial charge on any atom is -0.507 e. The van der Waals surface area contributed by atoms with Crippen molar-refractivity contribution in [1.29, 1.82) is 0 Å². The molecule has 3 aromatic heterocycles. The molecule has 10 nitrogen and oxygen atoms in total. The van der Waals surface area contributed by atoms with E-state index in [9.17, 15) is 18.3 Å². The van der Waals surface area contributed by atoms with Crippen molar-refractivity contribution in [3.8, 4) is 22.7 Å². The van der Waals surface area contributed by atoms with Gasteiger partial charge < -0.3 is 14.9 Å². The molecule has 2 unspecified atom stereocenters. The predicted molar refractivity (Wildman–Crippen MR) is 176 cm³/mol. The van der Waals surface area contributed by atoms with Gasteiger partial charge in [0.15, 0.2) is 5.65 Å². The molecule has 45 heavy (non-hydrogen) atoms. The minimum atomic E-state index is -3.69. The Labute approximate surface area is 266 Å². The zero-order valence-electron chi connectivity index (χ0n) is 25.6. The SMILES string of the molecule is C=CS(=O)(=O)N1CC2CN(C)c3c(c4cc(Cl)c(-c5c(O)cccc5F)nc4n(-c4c(C)ccnc4C(C)C)c3=O)N2CC1C. The summed E-state index contributed by atoms with van der Waals surface area (Å²) in [6.45, 7) is 12.0. The van der Waals surface area contributed by atoms with Crippen LogP contribution in [0.15, 0.2) is 53.3 Å². The first kappa shape index (κ1) is 31.0. The lowest BCUT2D eigenvalue weighted by Crippen LogP contribution is -2.63. The molecule has 13 heteroatoms. The van der Waals surface area contributed by atoms with E-state index in [1.54, 1.807) is 19.3 Å². The van der Waals surface area contributed by atoms with Crippen molar-refractivity contribution in [1.82, 2.24) is 18.8 Å². The van der Waals surface area contributed by atoms with E-state index in [-0.39, 0.29) is 51.7 Å². The molecule has 1 saturated heterocycles. The lowest BCUT2D eigenvalue weighted by Gasteiger charge is -2.50. The molecule has 5 heterocycles. The van der Waals surface area contributed by atoms with Gasteiger partial charge in [-0.25, -0.2) is 17.8 Å². The van der Waals surface area contributed by atoms with Gasteiger partial charge in [0.25, 0.3) is 5.56 Å². The number of likely N-dealkylation sites (N-methyl/N-ethyl adjacent to an activating group) is 1. The van der Waals surface area contributed by atoms with E-state index >= 15 is 4.39 Å². The number of sulfonamides is 1. The Morgan fingerprint density at radius 2 is 1.89 bits per heavy atom. The molecule has 0 saturated carbocycles. The fourth-order valence-corrected chi connectivity index (χ4v) is 7.99. The maximum Gasteiger partial charge on any atom is 0.282 e. The van der Waals surface area contributed by atoms with Crippen LogP contribution in [0.5, 0.6) is 5.75 Å². The average Bonchev–Trinajstić information content (AvgIpc) is 2.97. The van der Waals surface area contributed by atoms with E-state index in [1.807, 2.05) is 38.7 Å². The lowest BCUT2D eigenvalue weighted by molar-refractivity contribution is 0.267. The second-order valence-corrected chi connectivity index (χ2v) is 14.2. The number of piperazine rings is 1. The van der Waals surface area contributed by atoms with Crippen LogP contribution in [-0.2, 0) is 10.0 Å². The number of aromatic nitrogens is 3. The topological polar surface area (TPSA) is 112 Å². The van der Waals surface area contributed by atoms with Crippen LogP contribution in [0.25, 0.3) is 28.0 Å². The van der Waals surface area contributed by atoms with E-state index in [0.29, 0.717) is 41.2 Å². The third kappa shape index (κ3) is 4.86. The number of halogens is 2. The van der Waals surface area contributed by atoms with Crippen molar-refractivity contribution in [2.24, 2.45) is 0 Å². The van der Waals surface area contributed by atoms with Gasteiger partial charge in [0.1, 0.15) is 17.3 Å². The van der Waals surface area contributed by atoms with E-state index in [1.165, 1.54) is 27.1 Å². The largest absolute Gasteiger partial charge is 0.507 e. The van der Waals surface area contributed by atoms with Crippen LogP contribution in [0.3, 0.4) is 0 Å². The van der Waals surface area contributed by atoms with Gasteiger partial charge >= 0.3 is 0 Å². The number of phenols is 1. The molecular formula is C32H34ClFN6O4S. The molecule has 236 valence electrons. The summed E-state index contributed by atoms with van der Waals surface area (Å²) in [6, 6.07) is 6.67. The second kappa shape index (κ2) is 11.1. The highest BCUT2D eigenvalue weighted by Gasteiger charge is 2.43. The first-order valence-electron chi connectivity index (χ1n) is 14.6. The van der Waals surface area contributed by atoms with Gasteiger partial charge in [0, 0.05) is 49.7 Å². The summed E-state index contributed by atoms with van der Waals surface area (Å²) < 4.78 is 43.9. The quantitative estimate of drug-likeness (QED) is 0.314. The van der Waals surface area contributed by atoms with Gasteiger partial charge in [0.05, 0.1) is 39.4 Å². The molecular weight excluding hydrogens is 619 g/mol. The molecule has 1 aromatic carbocycles. The Hall–Kier alpha value is -4.00. The van der Waals surface area contributed by atoms with Crippen molar-refractivity contribution in [2.75, 3.05) is 36.5 Å². The number of rotatable bonds is 5. The third-order valence-electron chi connectivity index (χ3n) is 8.68. The highest BCUT2D eigenvalue weighted by molar-refractivity contribution is 7.92. The Bertz CT molecular complexity index is 2030.